The molecule has 0 unspecified atom stereocenters. The molecule has 1 aliphatic heterocycles. The Kier molecular flexibility index (Phi) is 6.65. The standard InChI is InChI=1S/C22H18BrClF2N2O3S2/c1-13(15-4-2-3-5-18(15)25)19-11-27-21(32-19)22(26)12-28(8-9-33(22,30)31)20(29)14-6-7-16(23)17(24)10-14/h2-7,10-11,13H,8-9,12H2,1H3/t13-,22-/m0/s1. The molecule has 1 aliphatic rings. The second-order valence-corrected chi connectivity index (χ2v) is 12.3. The van der Waals surface area contributed by atoms with E-state index in [0.717, 1.165) is 16.2 Å². The van der Waals surface area contributed by atoms with Crippen molar-refractivity contribution in [2.75, 3.05) is 18.8 Å². The van der Waals surface area contributed by atoms with Crippen LogP contribution in [-0.2, 0) is 14.8 Å². The first-order chi connectivity index (χ1) is 15.5. The van der Waals surface area contributed by atoms with Gasteiger partial charge >= 0.3 is 0 Å². The number of rotatable bonds is 4. The van der Waals surface area contributed by atoms with Gasteiger partial charge in [0.2, 0.25) is 0 Å². The SMILES string of the molecule is C[C@H](c1cnc([C@]2(F)CN(C(=O)c3ccc(Br)c(Cl)c3)CCS2(=O)=O)s1)c1ccccc1F. The first-order valence-electron chi connectivity index (χ1n) is 9.89. The third kappa shape index (κ3) is 4.45. The van der Waals surface area contributed by atoms with Crippen molar-refractivity contribution in [3.8, 4) is 0 Å². The number of thiazole rings is 1. The number of carbonyl (C=O) groups is 1. The Bertz CT molecular complexity index is 1330. The van der Waals surface area contributed by atoms with E-state index in [0.29, 0.717) is 19.9 Å². The van der Waals surface area contributed by atoms with Gasteiger partial charge in [0.05, 0.1) is 17.3 Å². The van der Waals surface area contributed by atoms with Crippen molar-refractivity contribution in [3.05, 3.63) is 85.0 Å². The summed E-state index contributed by atoms with van der Waals surface area (Å²) in [5.74, 6) is -1.94. The summed E-state index contributed by atoms with van der Waals surface area (Å²) in [5, 5.41) is -2.83. The fourth-order valence-electron chi connectivity index (χ4n) is 3.64. The number of sulfone groups is 1. The lowest BCUT2D eigenvalue weighted by atomic mass is 10.00. The lowest BCUT2D eigenvalue weighted by molar-refractivity contribution is 0.0666. The topological polar surface area (TPSA) is 67.3 Å². The number of amides is 1. The molecule has 1 saturated heterocycles. The van der Waals surface area contributed by atoms with Gasteiger partial charge in [-0.1, -0.05) is 36.7 Å². The molecule has 2 heterocycles. The molecule has 2 aromatic carbocycles. The van der Waals surface area contributed by atoms with Gasteiger partial charge in [-0.05, 0) is 45.8 Å². The summed E-state index contributed by atoms with van der Waals surface area (Å²) in [7, 11) is -4.25. The Morgan fingerprint density at radius 1 is 1.30 bits per heavy atom. The predicted molar refractivity (Wildman–Crippen MR) is 128 cm³/mol. The van der Waals surface area contributed by atoms with Crippen LogP contribution in [0.3, 0.4) is 0 Å². The first kappa shape index (κ1) is 24.3. The van der Waals surface area contributed by atoms with E-state index in [-0.39, 0.29) is 17.1 Å². The van der Waals surface area contributed by atoms with E-state index in [1.807, 2.05) is 0 Å². The van der Waals surface area contributed by atoms with Crippen LogP contribution in [0.5, 0.6) is 0 Å². The highest BCUT2D eigenvalue weighted by Gasteiger charge is 2.53. The van der Waals surface area contributed by atoms with Crippen LogP contribution < -0.4 is 0 Å². The molecule has 4 rings (SSSR count). The Balaban J connectivity index is 1.65. The molecule has 5 nitrogen and oxygen atoms in total. The minimum atomic E-state index is -4.25. The number of benzene rings is 2. The molecule has 33 heavy (non-hydrogen) atoms. The zero-order valence-corrected chi connectivity index (χ0v) is 21.2. The lowest BCUT2D eigenvalue weighted by Gasteiger charge is -2.35. The number of halogens is 4. The average Bonchev–Trinajstić information content (AvgIpc) is 3.28. The Labute approximate surface area is 207 Å². The molecule has 0 radical (unpaired) electrons. The smallest absolute Gasteiger partial charge is 0.278 e. The average molecular weight is 576 g/mol. The minimum Gasteiger partial charge on any atom is -0.333 e. The molecule has 1 aromatic heterocycles. The van der Waals surface area contributed by atoms with E-state index in [9.17, 15) is 17.6 Å². The van der Waals surface area contributed by atoms with E-state index in [1.165, 1.54) is 24.4 Å². The summed E-state index contributed by atoms with van der Waals surface area (Å²) in [5.41, 5.74) is 0.619. The van der Waals surface area contributed by atoms with E-state index in [4.69, 9.17) is 11.6 Å². The van der Waals surface area contributed by atoms with Gasteiger partial charge in [0, 0.05) is 33.6 Å². The van der Waals surface area contributed by atoms with Crippen LogP contribution in [0.15, 0.2) is 53.1 Å². The summed E-state index contributed by atoms with van der Waals surface area (Å²) in [6, 6.07) is 10.8. The largest absolute Gasteiger partial charge is 0.333 e. The third-order valence-corrected chi connectivity index (χ3v) is 10.3. The molecule has 0 N–H and O–H groups in total. The van der Waals surface area contributed by atoms with Gasteiger partial charge < -0.3 is 4.90 Å². The fraction of sp³-hybridized carbons (Fsp3) is 0.273. The number of carbonyl (C=O) groups excluding carboxylic acids is 1. The second kappa shape index (κ2) is 9.05. The predicted octanol–water partition coefficient (Wildman–Crippen LogP) is 5.54. The van der Waals surface area contributed by atoms with Gasteiger partial charge in [-0.3, -0.25) is 4.79 Å². The number of hydrogen-bond acceptors (Lipinski definition) is 5. The maximum atomic E-state index is 16.2. The van der Waals surface area contributed by atoms with Gasteiger partial charge in [0.25, 0.3) is 10.9 Å². The number of nitrogens with zero attached hydrogens (tertiary/aromatic N) is 2. The first-order valence-corrected chi connectivity index (χ1v) is 13.5. The Morgan fingerprint density at radius 3 is 2.73 bits per heavy atom. The monoisotopic (exact) mass is 574 g/mol. The van der Waals surface area contributed by atoms with Crippen molar-refractivity contribution in [1.82, 2.24) is 9.88 Å². The summed E-state index contributed by atoms with van der Waals surface area (Å²) in [4.78, 5) is 18.7. The minimum absolute atomic E-state index is 0.148. The quantitative estimate of drug-likeness (QED) is 0.410. The van der Waals surface area contributed by atoms with Crippen LogP contribution in [0.1, 0.15) is 38.6 Å². The molecule has 0 aliphatic carbocycles. The zero-order chi connectivity index (χ0) is 24.0. The van der Waals surface area contributed by atoms with Gasteiger partial charge in [-0.15, -0.1) is 11.3 Å². The molecule has 0 bridgehead atoms. The second-order valence-electron chi connectivity index (χ2n) is 7.71. The molecule has 2 atom stereocenters. The van der Waals surface area contributed by atoms with Crippen molar-refractivity contribution in [2.45, 2.75) is 17.8 Å². The maximum absolute atomic E-state index is 16.2. The highest BCUT2D eigenvalue weighted by molar-refractivity contribution is 9.10. The number of alkyl halides is 1. The van der Waals surface area contributed by atoms with Crippen LogP contribution >= 0.6 is 38.9 Å². The van der Waals surface area contributed by atoms with Crippen LogP contribution in [0.4, 0.5) is 8.78 Å². The van der Waals surface area contributed by atoms with E-state index >= 15 is 4.39 Å². The van der Waals surface area contributed by atoms with Gasteiger partial charge in [-0.2, -0.15) is 0 Å². The molecule has 11 heteroatoms. The number of hydrogen-bond donors (Lipinski definition) is 0. The van der Waals surface area contributed by atoms with E-state index in [1.54, 1.807) is 31.2 Å². The number of aromatic nitrogens is 1. The molecule has 1 fully saturated rings. The lowest BCUT2D eigenvalue weighted by Crippen LogP contribution is -2.53. The van der Waals surface area contributed by atoms with Crippen molar-refractivity contribution < 1.29 is 22.0 Å². The van der Waals surface area contributed by atoms with Crippen molar-refractivity contribution >= 4 is 54.6 Å². The summed E-state index contributed by atoms with van der Waals surface area (Å²) < 4.78 is 56.5. The maximum Gasteiger partial charge on any atom is 0.278 e. The van der Waals surface area contributed by atoms with Gasteiger partial charge in [0.15, 0.2) is 9.84 Å². The van der Waals surface area contributed by atoms with Crippen LogP contribution in [0.25, 0.3) is 0 Å². The highest BCUT2D eigenvalue weighted by Crippen LogP contribution is 2.41. The molecule has 3 aromatic rings. The Morgan fingerprint density at radius 2 is 2.03 bits per heavy atom. The molecular formula is C22H18BrClF2N2O3S2. The van der Waals surface area contributed by atoms with Gasteiger partial charge in [-0.25, -0.2) is 22.2 Å². The zero-order valence-electron chi connectivity index (χ0n) is 17.3. The molecular weight excluding hydrogens is 558 g/mol. The van der Waals surface area contributed by atoms with Crippen molar-refractivity contribution in [1.29, 1.82) is 0 Å². The van der Waals surface area contributed by atoms with Crippen molar-refractivity contribution in [3.63, 3.8) is 0 Å². The van der Waals surface area contributed by atoms with E-state index in [2.05, 4.69) is 20.9 Å². The van der Waals surface area contributed by atoms with E-state index < -0.39 is 44.8 Å². The Hall–Kier alpha value is -1.88. The summed E-state index contributed by atoms with van der Waals surface area (Å²) in [6.45, 7) is 0.899. The molecule has 0 saturated carbocycles. The summed E-state index contributed by atoms with van der Waals surface area (Å²) >= 11 is 10.2. The fourth-order valence-corrected chi connectivity index (χ4v) is 6.98. The van der Waals surface area contributed by atoms with Crippen molar-refractivity contribution in [2.24, 2.45) is 0 Å². The highest BCUT2D eigenvalue weighted by atomic mass is 79.9. The van der Waals surface area contributed by atoms with Crippen LogP contribution in [0.2, 0.25) is 5.02 Å². The van der Waals surface area contributed by atoms with Crippen LogP contribution in [0, 0.1) is 5.82 Å². The van der Waals surface area contributed by atoms with Crippen LogP contribution in [-0.4, -0.2) is 43.1 Å². The third-order valence-electron chi connectivity index (χ3n) is 5.61. The summed E-state index contributed by atoms with van der Waals surface area (Å²) in [6.07, 6.45) is 1.36. The molecule has 1 amide bonds. The van der Waals surface area contributed by atoms with Gasteiger partial charge in [0.1, 0.15) is 10.8 Å². The molecule has 174 valence electrons. The normalized spacial score (nSPS) is 21.1. The molecule has 0 spiro atoms.